The quantitative estimate of drug-likeness (QED) is 0.840. The van der Waals surface area contributed by atoms with Crippen molar-refractivity contribution in [2.24, 2.45) is 5.92 Å². The second kappa shape index (κ2) is 6.80. The Balaban J connectivity index is 1.77. The lowest BCUT2D eigenvalue weighted by Crippen LogP contribution is -2.55. The Morgan fingerprint density at radius 3 is 2.73 bits per heavy atom. The molecular weight excluding hydrogens is 276 g/mol. The minimum absolute atomic E-state index is 0.0398. The van der Waals surface area contributed by atoms with Crippen molar-refractivity contribution in [1.29, 1.82) is 0 Å². The van der Waals surface area contributed by atoms with Crippen molar-refractivity contribution in [3.8, 4) is 0 Å². The van der Waals surface area contributed by atoms with Gasteiger partial charge in [0, 0.05) is 32.3 Å². The van der Waals surface area contributed by atoms with Crippen molar-refractivity contribution >= 4 is 5.91 Å². The number of nitrogens with zero attached hydrogens (tertiary/aromatic N) is 2. The fraction of sp³-hybridized carbons (Fsp3) is 0.611. The van der Waals surface area contributed by atoms with Crippen molar-refractivity contribution in [3.63, 3.8) is 0 Å². The Labute approximate surface area is 133 Å². The van der Waals surface area contributed by atoms with Crippen molar-refractivity contribution in [2.75, 3.05) is 33.3 Å². The zero-order valence-electron chi connectivity index (χ0n) is 13.6. The molecule has 2 heterocycles. The van der Waals surface area contributed by atoms with Gasteiger partial charge < -0.3 is 14.5 Å². The van der Waals surface area contributed by atoms with Crippen LogP contribution in [-0.4, -0.2) is 55.0 Å². The first-order valence-electron chi connectivity index (χ1n) is 8.32. The molecule has 1 aromatic rings. The van der Waals surface area contributed by atoms with Gasteiger partial charge >= 0.3 is 0 Å². The first kappa shape index (κ1) is 15.5. The van der Waals surface area contributed by atoms with Crippen LogP contribution in [0.3, 0.4) is 0 Å². The van der Waals surface area contributed by atoms with Crippen molar-refractivity contribution in [2.45, 2.75) is 31.9 Å². The van der Waals surface area contributed by atoms with E-state index in [9.17, 15) is 4.79 Å². The zero-order valence-corrected chi connectivity index (χ0v) is 13.6. The molecule has 0 bridgehead atoms. The summed E-state index contributed by atoms with van der Waals surface area (Å²) in [5.74, 6) is 0.233. The van der Waals surface area contributed by atoms with Crippen LogP contribution in [0.15, 0.2) is 30.3 Å². The van der Waals surface area contributed by atoms with E-state index in [1.165, 1.54) is 0 Å². The first-order chi connectivity index (χ1) is 10.7. The van der Waals surface area contributed by atoms with E-state index < -0.39 is 0 Å². The van der Waals surface area contributed by atoms with Crippen LogP contribution in [0.25, 0.3) is 0 Å². The van der Waals surface area contributed by atoms with Gasteiger partial charge in [-0.25, -0.2) is 0 Å². The molecule has 2 fully saturated rings. The summed E-state index contributed by atoms with van der Waals surface area (Å²) in [5.41, 5.74) is 1.13. The van der Waals surface area contributed by atoms with Crippen molar-refractivity contribution < 1.29 is 9.53 Å². The largest absolute Gasteiger partial charge is 0.373 e. The van der Waals surface area contributed by atoms with Crippen molar-refractivity contribution in [1.82, 2.24) is 9.80 Å². The molecule has 3 rings (SSSR count). The molecule has 120 valence electrons. The highest BCUT2D eigenvalue weighted by Gasteiger charge is 2.38. The Morgan fingerprint density at radius 1 is 1.23 bits per heavy atom. The molecule has 0 unspecified atom stereocenters. The monoisotopic (exact) mass is 302 g/mol. The number of benzene rings is 1. The number of carbonyl (C=O) groups is 1. The van der Waals surface area contributed by atoms with Gasteiger partial charge in [-0.05, 0) is 32.4 Å². The smallest absolute Gasteiger partial charge is 0.228 e. The van der Waals surface area contributed by atoms with Crippen LogP contribution in [0.5, 0.6) is 0 Å². The molecular formula is C18H26N2O2. The third kappa shape index (κ3) is 3.18. The second-order valence-electron chi connectivity index (χ2n) is 6.59. The number of carbonyl (C=O) groups excluding carboxylic acids is 1. The van der Waals surface area contributed by atoms with Gasteiger partial charge in [-0.15, -0.1) is 0 Å². The number of hydrogen-bond donors (Lipinski definition) is 0. The zero-order chi connectivity index (χ0) is 15.5. The maximum absolute atomic E-state index is 13.1. The van der Waals surface area contributed by atoms with E-state index in [0.717, 1.165) is 44.6 Å². The van der Waals surface area contributed by atoms with Gasteiger partial charge in [0.05, 0.1) is 12.0 Å². The normalized spacial score (nSPS) is 30.3. The predicted molar refractivity (Wildman–Crippen MR) is 86.5 cm³/mol. The summed E-state index contributed by atoms with van der Waals surface area (Å²) in [6, 6.07) is 10.5. The fourth-order valence-corrected chi connectivity index (χ4v) is 3.69. The lowest BCUT2D eigenvalue weighted by atomic mass is 9.87. The van der Waals surface area contributed by atoms with Gasteiger partial charge in [0.2, 0.25) is 5.91 Å². The van der Waals surface area contributed by atoms with E-state index in [4.69, 9.17) is 4.74 Å². The Morgan fingerprint density at radius 2 is 2.00 bits per heavy atom. The number of amides is 1. The lowest BCUT2D eigenvalue weighted by Gasteiger charge is -2.42. The number of likely N-dealkylation sites (N-methyl/N-ethyl adjacent to an activating group) is 1. The highest BCUT2D eigenvalue weighted by molar-refractivity contribution is 5.80. The number of hydrogen-bond acceptors (Lipinski definition) is 3. The topological polar surface area (TPSA) is 32.8 Å². The molecule has 3 atom stereocenters. The molecule has 0 aromatic heterocycles. The maximum Gasteiger partial charge on any atom is 0.228 e. The van der Waals surface area contributed by atoms with Crippen LogP contribution >= 0.6 is 0 Å². The molecule has 0 spiro atoms. The summed E-state index contributed by atoms with van der Waals surface area (Å²) in [4.78, 5) is 17.4. The molecule has 4 heteroatoms. The van der Waals surface area contributed by atoms with Crippen molar-refractivity contribution in [3.05, 3.63) is 35.9 Å². The van der Waals surface area contributed by atoms with Gasteiger partial charge in [-0.3, -0.25) is 4.79 Å². The average molecular weight is 302 g/mol. The molecule has 0 radical (unpaired) electrons. The molecule has 0 saturated carbocycles. The van der Waals surface area contributed by atoms with Gasteiger partial charge in [-0.2, -0.15) is 0 Å². The molecule has 2 aliphatic rings. The molecule has 1 aromatic carbocycles. The van der Waals surface area contributed by atoms with Crippen LogP contribution < -0.4 is 0 Å². The van der Waals surface area contributed by atoms with Crippen LogP contribution in [0.2, 0.25) is 0 Å². The maximum atomic E-state index is 13.1. The molecule has 2 saturated heterocycles. The molecule has 22 heavy (non-hydrogen) atoms. The van der Waals surface area contributed by atoms with Gasteiger partial charge in [0.1, 0.15) is 0 Å². The van der Waals surface area contributed by atoms with E-state index in [0.29, 0.717) is 0 Å². The summed E-state index contributed by atoms with van der Waals surface area (Å²) in [7, 11) is 2.12. The molecule has 2 aliphatic heterocycles. The average Bonchev–Trinajstić information content (AvgIpc) is 2.55. The molecule has 0 aliphatic carbocycles. The summed E-state index contributed by atoms with van der Waals surface area (Å²) in [6.07, 6.45) is 1.81. The van der Waals surface area contributed by atoms with E-state index in [1.807, 2.05) is 18.2 Å². The minimum Gasteiger partial charge on any atom is -0.373 e. The SMILES string of the molecule is C[C@@H]1CN(C)CCN1C(=O)[C@@H]1CCCO[C@H]1c1ccccc1. The molecule has 0 N–H and O–H groups in total. The summed E-state index contributed by atoms with van der Waals surface area (Å²) in [5, 5.41) is 0. The third-order valence-electron chi connectivity index (χ3n) is 4.88. The molecule has 4 nitrogen and oxygen atoms in total. The van der Waals surface area contributed by atoms with Gasteiger partial charge in [-0.1, -0.05) is 30.3 Å². The highest BCUT2D eigenvalue weighted by Crippen LogP contribution is 2.35. The predicted octanol–water partition coefficient (Wildman–Crippen LogP) is 2.32. The van der Waals surface area contributed by atoms with E-state index >= 15 is 0 Å². The minimum atomic E-state index is -0.0886. The standard InChI is InChI=1S/C18H26N2O2/c1-14-13-19(2)10-11-20(14)18(21)16-9-6-12-22-17(16)15-7-4-3-5-8-15/h3-5,7-8,14,16-17H,6,9-13H2,1-2H3/t14-,16-,17+/m1/s1. The number of piperazine rings is 1. The summed E-state index contributed by atoms with van der Waals surface area (Å²) in [6.45, 7) is 5.64. The van der Waals surface area contributed by atoms with E-state index in [-0.39, 0.29) is 24.0 Å². The van der Waals surface area contributed by atoms with Crippen LogP contribution in [-0.2, 0) is 9.53 Å². The summed E-state index contributed by atoms with van der Waals surface area (Å²) >= 11 is 0. The van der Waals surface area contributed by atoms with Crippen LogP contribution in [0.1, 0.15) is 31.4 Å². The lowest BCUT2D eigenvalue weighted by molar-refractivity contribution is -0.149. The molecule has 1 amide bonds. The van der Waals surface area contributed by atoms with E-state index in [1.54, 1.807) is 0 Å². The van der Waals surface area contributed by atoms with Gasteiger partial charge in [0.15, 0.2) is 0 Å². The second-order valence-corrected chi connectivity index (χ2v) is 6.59. The third-order valence-corrected chi connectivity index (χ3v) is 4.88. The summed E-state index contributed by atoms with van der Waals surface area (Å²) < 4.78 is 5.99. The highest BCUT2D eigenvalue weighted by atomic mass is 16.5. The van der Waals surface area contributed by atoms with Crippen LogP contribution in [0.4, 0.5) is 0 Å². The number of rotatable bonds is 2. The fourth-order valence-electron chi connectivity index (χ4n) is 3.69. The van der Waals surface area contributed by atoms with Gasteiger partial charge in [0.25, 0.3) is 0 Å². The van der Waals surface area contributed by atoms with E-state index in [2.05, 4.69) is 35.9 Å². The Hall–Kier alpha value is -1.39. The first-order valence-corrected chi connectivity index (χ1v) is 8.32. The Bertz CT molecular complexity index is 505. The van der Waals surface area contributed by atoms with Crippen LogP contribution in [0, 0.1) is 5.92 Å². The number of ether oxygens (including phenoxy) is 1. The Kier molecular flexibility index (Phi) is 4.79.